The van der Waals surface area contributed by atoms with Crippen LogP contribution in [0.2, 0.25) is 0 Å². The fraction of sp³-hybridized carbons (Fsp3) is 0.235. The maximum absolute atomic E-state index is 13.9. The number of hydrogen-bond donors (Lipinski definition) is 1. The Bertz CT molecular complexity index is 1140. The number of carbonyl (C=O) groups is 1. The number of carbonyl (C=O) groups excluding carboxylic acids is 1. The third-order valence-electron chi connectivity index (χ3n) is 3.87. The van der Waals surface area contributed by atoms with Crippen molar-refractivity contribution in [3.05, 3.63) is 53.2 Å². The number of amides is 1. The molecule has 0 saturated heterocycles. The lowest BCUT2D eigenvalue weighted by Crippen LogP contribution is -2.36. The zero-order valence-corrected chi connectivity index (χ0v) is 15.1. The molecule has 1 aromatic carbocycles. The molecule has 14 heteroatoms. The first kappa shape index (κ1) is 22.2. The molecule has 3 rings (SSSR count). The van der Waals surface area contributed by atoms with E-state index in [4.69, 9.17) is 0 Å². The lowest BCUT2D eigenvalue weighted by atomic mass is 10.2. The highest BCUT2D eigenvalue weighted by atomic mass is 19.4. The van der Waals surface area contributed by atoms with Crippen molar-refractivity contribution >= 4 is 17.2 Å². The average molecular weight is 454 g/mol. The maximum Gasteiger partial charge on any atom is 0.459 e. The van der Waals surface area contributed by atoms with Crippen molar-refractivity contribution in [3.8, 4) is 5.75 Å². The van der Waals surface area contributed by atoms with Crippen LogP contribution < -0.4 is 10.1 Å². The summed E-state index contributed by atoms with van der Waals surface area (Å²) in [5.74, 6) is -8.20. The zero-order chi connectivity index (χ0) is 23.1. The van der Waals surface area contributed by atoms with Crippen LogP contribution in [-0.4, -0.2) is 33.3 Å². The molecular weight excluding hydrogens is 444 g/mol. The molecule has 2 aromatic heterocycles. The van der Waals surface area contributed by atoms with Gasteiger partial charge in [-0.2, -0.15) is 35.8 Å². The number of benzene rings is 1. The van der Waals surface area contributed by atoms with Crippen LogP contribution >= 0.6 is 0 Å². The van der Waals surface area contributed by atoms with Gasteiger partial charge in [0.05, 0.1) is 5.69 Å². The van der Waals surface area contributed by atoms with Crippen molar-refractivity contribution in [3.63, 3.8) is 0 Å². The van der Waals surface area contributed by atoms with Gasteiger partial charge in [0.25, 0.3) is 5.91 Å². The van der Waals surface area contributed by atoms with E-state index >= 15 is 0 Å². The molecule has 0 saturated carbocycles. The van der Waals surface area contributed by atoms with Crippen LogP contribution in [0, 0.1) is 12.7 Å². The summed E-state index contributed by atoms with van der Waals surface area (Å²) in [5, 5.41) is 5.48. The molecule has 6 nitrogen and oxygen atoms in total. The van der Waals surface area contributed by atoms with Crippen LogP contribution in [0.1, 0.15) is 21.9 Å². The van der Waals surface area contributed by atoms with E-state index in [1.54, 1.807) is 0 Å². The summed E-state index contributed by atoms with van der Waals surface area (Å²) >= 11 is 0. The predicted molar refractivity (Wildman–Crippen MR) is 88.7 cm³/mol. The monoisotopic (exact) mass is 454 g/mol. The van der Waals surface area contributed by atoms with Gasteiger partial charge in [-0.25, -0.2) is 13.9 Å². The molecule has 1 N–H and O–H groups in total. The minimum absolute atomic E-state index is 0.149. The van der Waals surface area contributed by atoms with E-state index in [9.17, 15) is 39.9 Å². The third kappa shape index (κ3) is 4.36. The first-order chi connectivity index (χ1) is 14.3. The van der Waals surface area contributed by atoms with Gasteiger partial charge in [-0.1, -0.05) is 0 Å². The number of anilines is 1. The van der Waals surface area contributed by atoms with Crippen molar-refractivity contribution in [1.29, 1.82) is 0 Å². The molecule has 0 aliphatic carbocycles. The smallest absolute Gasteiger partial charge is 0.432 e. The van der Waals surface area contributed by atoms with Crippen LogP contribution in [-0.2, 0) is 5.92 Å². The first-order valence-corrected chi connectivity index (χ1v) is 8.18. The fourth-order valence-electron chi connectivity index (χ4n) is 2.56. The maximum atomic E-state index is 13.9. The van der Waals surface area contributed by atoms with E-state index in [-0.39, 0.29) is 10.2 Å². The second-order valence-electron chi connectivity index (χ2n) is 6.13. The molecule has 0 spiro atoms. The molecule has 0 aliphatic heterocycles. The van der Waals surface area contributed by atoms with Crippen LogP contribution in [0.4, 0.5) is 40.8 Å². The Balaban J connectivity index is 2.02. The Hall–Kier alpha value is -3.45. The lowest BCUT2D eigenvalue weighted by molar-refractivity contribution is -0.291. The Morgan fingerprint density at radius 3 is 2.42 bits per heavy atom. The Morgan fingerprint density at radius 2 is 1.81 bits per heavy atom. The summed E-state index contributed by atoms with van der Waals surface area (Å²) in [5.41, 5.74) is -3.36. The average Bonchev–Trinajstić information content (AvgIpc) is 3.05. The number of aryl methyl sites for hydroxylation is 1. The van der Waals surface area contributed by atoms with Crippen molar-refractivity contribution in [1.82, 2.24) is 14.6 Å². The topological polar surface area (TPSA) is 68.5 Å². The van der Waals surface area contributed by atoms with Crippen LogP contribution in [0.25, 0.3) is 5.65 Å². The largest absolute Gasteiger partial charge is 0.459 e. The number of alkyl halides is 7. The van der Waals surface area contributed by atoms with Crippen LogP contribution in [0.15, 0.2) is 30.3 Å². The quantitative estimate of drug-likeness (QED) is 0.569. The van der Waals surface area contributed by atoms with Gasteiger partial charge < -0.3 is 10.1 Å². The van der Waals surface area contributed by atoms with Gasteiger partial charge in [0, 0.05) is 17.8 Å². The van der Waals surface area contributed by atoms with Gasteiger partial charge in [0.15, 0.2) is 17.1 Å². The Morgan fingerprint density at radius 1 is 1.13 bits per heavy atom. The van der Waals surface area contributed by atoms with E-state index in [0.717, 1.165) is 25.1 Å². The highest BCUT2D eigenvalue weighted by Crippen LogP contribution is 2.43. The fourth-order valence-corrected chi connectivity index (χ4v) is 2.56. The summed E-state index contributed by atoms with van der Waals surface area (Å²) in [7, 11) is 0. The summed E-state index contributed by atoms with van der Waals surface area (Å²) < 4.78 is 109. The van der Waals surface area contributed by atoms with Crippen LogP contribution in [0.3, 0.4) is 0 Å². The number of nitrogens with zero attached hydrogens (tertiary/aromatic N) is 3. The van der Waals surface area contributed by atoms with Crippen molar-refractivity contribution in [2.75, 3.05) is 5.32 Å². The number of aromatic nitrogens is 3. The van der Waals surface area contributed by atoms with E-state index in [1.807, 2.05) is 5.32 Å². The molecule has 0 fully saturated rings. The SMILES string of the molecule is Cc1cc(C(F)(F)C(F)(F)F)n2nc(C(=O)Nc3ccc(F)cc3OC(F)F)cc2n1. The highest BCUT2D eigenvalue weighted by Gasteiger charge is 2.60. The lowest BCUT2D eigenvalue weighted by Gasteiger charge is -2.20. The Kier molecular flexibility index (Phi) is 5.50. The molecule has 0 bridgehead atoms. The van der Waals surface area contributed by atoms with Crippen molar-refractivity contribution < 1.29 is 44.7 Å². The van der Waals surface area contributed by atoms with Gasteiger partial charge in [0.2, 0.25) is 0 Å². The van der Waals surface area contributed by atoms with Gasteiger partial charge in [0.1, 0.15) is 11.5 Å². The molecule has 31 heavy (non-hydrogen) atoms. The highest BCUT2D eigenvalue weighted by molar-refractivity contribution is 6.04. The molecular formula is C17H10F8N4O2. The summed E-state index contributed by atoms with van der Waals surface area (Å²) in [6, 6.07) is 3.52. The van der Waals surface area contributed by atoms with Gasteiger partial charge in [-0.15, -0.1) is 0 Å². The number of ether oxygens (including phenoxy) is 1. The molecule has 0 aliphatic rings. The van der Waals surface area contributed by atoms with Crippen molar-refractivity contribution in [2.45, 2.75) is 25.6 Å². The van der Waals surface area contributed by atoms with Crippen molar-refractivity contribution in [2.24, 2.45) is 0 Å². The first-order valence-electron chi connectivity index (χ1n) is 8.18. The Labute approximate surface area is 167 Å². The molecule has 2 heterocycles. The molecule has 166 valence electrons. The number of halogens is 8. The van der Waals surface area contributed by atoms with E-state index in [1.165, 1.54) is 0 Å². The standard InChI is InChI=1S/C17H10F8N4O2/c1-7-4-12(16(21,22)17(23,24)25)29-13(26-7)6-10(28-29)14(30)27-9-3-2-8(18)5-11(9)31-15(19)20/h2-6,15H,1H3,(H,27,30). The third-order valence-corrected chi connectivity index (χ3v) is 3.87. The molecule has 1 amide bonds. The van der Waals surface area contributed by atoms with Gasteiger partial charge >= 0.3 is 18.7 Å². The van der Waals surface area contributed by atoms with Gasteiger partial charge in [-0.05, 0) is 25.1 Å². The molecule has 0 atom stereocenters. The summed E-state index contributed by atoms with van der Waals surface area (Å²) in [6.45, 7) is -2.19. The number of nitrogens with one attached hydrogen (secondary N) is 1. The zero-order valence-electron chi connectivity index (χ0n) is 15.1. The molecule has 0 radical (unpaired) electrons. The number of rotatable bonds is 5. The molecule has 0 unspecified atom stereocenters. The minimum atomic E-state index is -5.95. The predicted octanol–water partition coefficient (Wildman–Crippen LogP) is 4.68. The van der Waals surface area contributed by atoms with E-state index < -0.39 is 58.9 Å². The summed E-state index contributed by atoms with van der Waals surface area (Å²) in [6.07, 6.45) is -5.95. The minimum Gasteiger partial charge on any atom is -0.432 e. The summed E-state index contributed by atoms with van der Waals surface area (Å²) in [4.78, 5) is 16.1. The van der Waals surface area contributed by atoms with Crippen LogP contribution in [0.5, 0.6) is 5.75 Å². The second kappa shape index (κ2) is 7.67. The van der Waals surface area contributed by atoms with E-state index in [0.29, 0.717) is 12.1 Å². The van der Waals surface area contributed by atoms with E-state index in [2.05, 4.69) is 14.8 Å². The normalized spacial score (nSPS) is 12.5. The second-order valence-corrected chi connectivity index (χ2v) is 6.13. The number of hydrogen-bond acceptors (Lipinski definition) is 4. The van der Waals surface area contributed by atoms with Gasteiger partial charge in [-0.3, -0.25) is 4.79 Å². The number of fused-ring (bicyclic) bond motifs is 1. The molecule has 3 aromatic rings.